The van der Waals surface area contributed by atoms with Gasteiger partial charge in [0.2, 0.25) is 5.82 Å². The molecule has 0 bridgehead atoms. The zero-order valence-corrected chi connectivity index (χ0v) is 16.8. The first-order valence-corrected chi connectivity index (χ1v) is 10.6. The number of hydrogen-bond acceptors (Lipinski definition) is 4. The molecule has 1 aliphatic rings. The zero-order valence-electron chi connectivity index (χ0n) is 16.0. The minimum Gasteiger partial charge on any atom is -0.329 e. The molecule has 1 unspecified atom stereocenters. The Labute approximate surface area is 173 Å². The number of aromatic nitrogens is 3. The van der Waals surface area contributed by atoms with Gasteiger partial charge in [-0.05, 0) is 42.5 Å². The van der Waals surface area contributed by atoms with E-state index in [9.17, 15) is 4.79 Å². The van der Waals surface area contributed by atoms with Crippen molar-refractivity contribution in [3.63, 3.8) is 0 Å². The van der Waals surface area contributed by atoms with E-state index in [1.807, 2.05) is 65.6 Å². The molecule has 0 radical (unpaired) electrons. The smallest absolute Gasteiger partial charge is 0.294 e. The van der Waals surface area contributed by atoms with Crippen LogP contribution >= 0.6 is 11.3 Å². The van der Waals surface area contributed by atoms with E-state index in [-0.39, 0.29) is 17.8 Å². The summed E-state index contributed by atoms with van der Waals surface area (Å²) in [6.07, 6.45) is 0.883. The fourth-order valence-corrected chi connectivity index (χ4v) is 4.80. The van der Waals surface area contributed by atoms with E-state index in [4.69, 9.17) is 0 Å². The lowest BCUT2D eigenvalue weighted by Crippen LogP contribution is -2.38. The highest BCUT2D eigenvalue weighted by Gasteiger charge is 2.31. The second-order valence-electron chi connectivity index (χ2n) is 7.10. The third-order valence-electron chi connectivity index (χ3n) is 5.37. The summed E-state index contributed by atoms with van der Waals surface area (Å²) >= 11 is 1.77. The summed E-state index contributed by atoms with van der Waals surface area (Å²) in [7, 11) is 0. The topological polar surface area (TPSA) is 51.0 Å². The highest BCUT2D eigenvalue weighted by atomic mass is 32.1. The van der Waals surface area contributed by atoms with Crippen molar-refractivity contribution < 1.29 is 4.79 Å². The Morgan fingerprint density at radius 3 is 2.52 bits per heavy atom. The first-order valence-electron chi connectivity index (χ1n) is 9.67. The highest BCUT2D eigenvalue weighted by Crippen LogP contribution is 2.33. The molecule has 1 aliphatic heterocycles. The maximum absolute atomic E-state index is 13.4. The van der Waals surface area contributed by atoms with Crippen LogP contribution in [0.25, 0.3) is 17.1 Å². The fraction of sp³-hybridized carbons (Fsp3) is 0.174. The van der Waals surface area contributed by atoms with Crippen LogP contribution in [0, 0.1) is 0 Å². The van der Waals surface area contributed by atoms with Crippen LogP contribution in [0.3, 0.4) is 0 Å². The highest BCUT2D eigenvalue weighted by molar-refractivity contribution is 7.10. The molecule has 5 nitrogen and oxygen atoms in total. The summed E-state index contributed by atoms with van der Waals surface area (Å²) in [5.41, 5.74) is 3.04. The van der Waals surface area contributed by atoms with Crippen molar-refractivity contribution in [1.29, 1.82) is 0 Å². The van der Waals surface area contributed by atoms with Gasteiger partial charge in [-0.25, -0.2) is 9.67 Å². The number of carbonyl (C=O) groups is 1. The molecule has 0 N–H and O–H groups in total. The number of para-hydroxylation sites is 1. The average Bonchev–Trinajstić information content (AvgIpc) is 3.43. The number of fused-ring (bicyclic) bond motifs is 1. The van der Waals surface area contributed by atoms with Gasteiger partial charge in [-0.2, -0.15) is 0 Å². The van der Waals surface area contributed by atoms with Gasteiger partial charge in [-0.3, -0.25) is 4.79 Å². The number of hydrogen-bond donors (Lipinski definition) is 0. The number of carbonyl (C=O) groups excluding carboxylic acids is 1. The average molecular weight is 401 g/mol. The first-order chi connectivity index (χ1) is 14.2. The van der Waals surface area contributed by atoms with E-state index in [1.54, 1.807) is 16.0 Å². The van der Waals surface area contributed by atoms with E-state index in [2.05, 4.69) is 28.5 Å². The van der Waals surface area contributed by atoms with Gasteiger partial charge in [-0.1, -0.05) is 48.5 Å². The van der Waals surface area contributed by atoms with Crippen molar-refractivity contribution >= 4 is 17.2 Å². The van der Waals surface area contributed by atoms with Crippen LogP contribution in [0.4, 0.5) is 0 Å². The Morgan fingerprint density at radius 2 is 1.76 bits per heavy atom. The molecular formula is C23H20N4OS. The third-order valence-corrected chi connectivity index (χ3v) is 6.37. The Kier molecular flexibility index (Phi) is 4.48. The van der Waals surface area contributed by atoms with E-state index in [0.29, 0.717) is 12.4 Å². The molecule has 4 aromatic rings. The third kappa shape index (κ3) is 3.15. The van der Waals surface area contributed by atoms with E-state index in [1.165, 1.54) is 10.4 Å². The number of rotatable bonds is 3. The maximum atomic E-state index is 13.4. The molecule has 5 rings (SSSR count). The molecule has 1 atom stereocenters. The summed E-state index contributed by atoms with van der Waals surface area (Å²) in [4.78, 5) is 21.3. The van der Waals surface area contributed by atoms with Gasteiger partial charge in [0.15, 0.2) is 5.82 Å². The molecule has 1 amide bonds. The normalized spacial score (nSPS) is 15.9. The van der Waals surface area contributed by atoms with Crippen molar-refractivity contribution in [1.82, 2.24) is 19.7 Å². The first kappa shape index (κ1) is 17.8. The van der Waals surface area contributed by atoms with Gasteiger partial charge in [0, 0.05) is 17.0 Å². The summed E-state index contributed by atoms with van der Waals surface area (Å²) in [5.74, 6) is 0.778. The predicted molar refractivity (Wildman–Crippen MR) is 114 cm³/mol. The van der Waals surface area contributed by atoms with Crippen molar-refractivity contribution in [2.24, 2.45) is 0 Å². The standard InChI is InChI=1S/C23H20N4OS/c1-16-19-13-15-29-20(19)12-14-26(16)23(28)21-24-22(17-8-4-2-5-9-17)27(25-21)18-10-6-3-7-11-18/h2-11,13,15-16H,12,14H2,1H3. The van der Waals surface area contributed by atoms with Crippen LogP contribution < -0.4 is 0 Å². The second kappa shape index (κ2) is 7.29. The van der Waals surface area contributed by atoms with Gasteiger partial charge >= 0.3 is 0 Å². The van der Waals surface area contributed by atoms with Crippen LogP contribution in [0.1, 0.15) is 34.0 Å². The van der Waals surface area contributed by atoms with Crippen LogP contribution in [-0.4, -0.2) is 32.1 Å². The predicted octanol–water partition coefficient (Wildman–Crippen LogP) is 4.76. The molecule has 144 valence electrons. The zero-order chi connectivity index (χ0) is 19.8. The minimum absolute atomic E-state index is 0.0290. The molecule has 29 heavy (non-hydrogen) atoms. The number of amides is 1. The van der Waals surface area contributed by atoms with Crippen LogP contribution in [0.2, 0.25) is 0 Å². The summed E-state index contributed by atoms with van der Waals surface area (Å²) in [6.45, 7) is 2.77. The number of nitrogens with zero attached hydrogens (tertiary/aromatic N) is 4. The molecular weight excluding hydrogens is 380 g/mol. The molecule has 0 saturated carbocycles. The van der Waals surface area contributed by atoms with Gasteiger partial charge in [0.1, 0.15) is 0 Å². The SMILES string of the molecule is CC1c2ccsc2CCN1C(=O)c1nc(-c2ccccc2)n(-c2ccccc2)n1. The van der Waals surface area contributed by atoms with Crippen LogP contribution in [0.5, 0.6) is 0 Å². The fourth-order valence-electron chi connectivity index (χ4n) is 3.84. The molecule has 6 heteroatoms. The Morgan fingerprint density at radius 1 is 1.03 bits per heavy atom. The van der Waals surface area contributed by atoms with Crippen LogP contribution in [0.15, 0.2) is 72.1 Å². The molecule has 3 heterocycles. The lowest BCUT2D eigenvalue weighted by molar-refractivity contribution is 0.0667. The van der Waals surface area contributed by atoms with Gasteiger partial charge in [0.25, 0.3) is 5.91 Å². The van der Waals surface area contributed by atoms with Crippen LogP contribution in [-0.2, 0) is 6.42 Å². The lowest BCUT2D eigenvalue weighted by Gasteiger charge is -2.32. The number of thiophene rings is 1. The van der Waals surface area contributed by atoms with Gasteiger partial charge in [-0.15, -0.1) is 16.4 Å². The molecule has 2 aromatic carbocycles. The van der Waals surface area contributed by atoms with Crippen molar-refractivity contribution in [3.8, 4) is 17.1 Å². The molecule has 0 aliphatic carbocycles. The largest absolute Gasteiger partial charge is 0.329 e. The molecule has 0 fully saturated rings. The molecule has 0 saturated heterocycles. The quantitative estimate of drug-likeness (QED) is 0.498. The van der Waals surface area contributed by atoms with E-state index >= 15 is 0 Å². The van der Waals surface area contributed by atoms with E-state index in [0.717, 1.165) is 17.7 Å². The van der Waals surface area contributed by atoms with Gasteiger partial charge in [0.05, 0.1) is 11.7 Å². The molecule has 2 aromatic heterocycles. The maximum Gasteiger partial charge on any atom is 0.294 e. The van der Waals surface area contributed by atoms with Gasteiger partial charge < -0.3 is 4.90 Å². The summed E-state index contributed by atoms with van der Waals surface area (Å²) in [6, 6.07) is 21.8. The summed E-state index contributed by atoms with van der Waals surface area (Å²) < 4.78 is 1.76. The Bertz CT molecular complexity index is 1090. The molecule has 0 spiro atoms. The second-order valence-corrected chi connectivity index (χ2v) is 8.10. The summed E-state index contributed by atoms with van der Waals surface area (Å²) in [5, 5.41) is 6.73. The van der Waals surface area contributed by atoms with E-state index < -0.39 is 0 Å². The Hall–Kier alpha value is -3.25. The lowest BCUT2D eigenvalue weighted by atomic mass is 10.0. The van der Waals surface area contributed by atoms with Crippen molar-refractivity contribution in [2.75, 3.05) is 6.54 Å². The Balaban J connectivity index is 1.56. The van der Waals surface area contributed by atoms with Crippen molar-refractivity contribution in [2.45, 2.75) is 19.4 Å². The number of benzene rings is 2. The van der Waals surface area contributed by atoms with Crippen molar-refractivity contribution in [3.05, 3.63) is 88.4 Å². The minimum atomic E-state index is -0.124. The monoisotopic (exact) mass is 400 g/mol.